The van der Waals surface area contributed by atoms with Crippen molar-refractivity contribution in [1.29, 1.82) is 0 Å². The highest BCUT2D eigenvalue weighted by Crippen LogP contribution is 2.11. The van der Waals surface area contributed by atoms with E-state index in [0.717, 1.165) is 5.69 Å². The minimum absolute atomic E-state index is 0.352. The third kappa shape index (κ3) is 4.82. The van der Waals surface area contributed by atoms with Gasteiger partial charge in [0.2, 0.25) is 5.95 Å². The second-order valence-corrected chi connectivity index (χ2v) is 4.95. The summed E-state index contributed by atoms with van der Waals surface area (Å²) in [5.41, 5.74) is 2.37. The standard InChI is InChI=1S/C11H22N6O/c1-8-5-9(15-10(14-8)16-12)13-6-11(2,18)7-17(3)4/h5,18H,6-7,12H2,1-4H3,(H2,13,14,15,16). The van der Waals surface area contributed by atoms with Crippen LogP contribution in [0.25, 0.3) is 0 Å². The van der Waals surface area contributed by atoms with Crippen LogP contribution in [0.4, 0.5) is 11.8 Å². The summed E-state index contributed by atoms with van der Waals surface area (Å²) in [6, 6.07) is 1.80. The molecule has 0 amide bonds. The van der Waals surface area contributed by atoms with Gasteiger partial charge in [0.1, 0.15) is 5.82 Å². The first-order valence-electron chi connectivity index (χ1n) is 5.76. The predicted octanol–water partition coefficient (Wildman–Crippen LogP) is -0.205. The number of nitrogens with one attached hydrogen (secondary N) is 2. The van der Waals surface area contributed by atoms with E-state index in [0.29, 0.717) is 24.9 Å². The van der Waals surface area contributed by atoms with Gasteiger partial charge in [0.25, 0.3) is 0 Å². The zero-order valence-corrected chi connectivity index (χ0v) is 11.4. The van der Waals surface area contributed by atoms with E-state index >= 15 is 0 Å². The van der Waals surface area contributed by atoms with E-state index in [2.05, 4.69) is 20.7 Å². The van der Waals surface area contributed by atoms with Crippen LogP contribution in [0.1, 0.15) is 12.6 Å². The number of nitrogen functional groups attached to an aromatic ring is 1. The highest BCUT2D eigenvalue weighted by atomic mass is 16.3. The molecule has 7 nitrogen and oxygen atoms in total. The second-order valence-electron chi connectivity index (χ2n) is 4.95. The van der Waals surface area contributed by atoms with Crippen LogP contribution in [0.5, 0.6) is 0 Å². The van der Waals surface area contributed by atoms with Crippen molar-refractivity contribution in [3.63, 3.8) is 0 Å². The van der Waals surface area contributed by atoms with Crippen molar-refractivity contribution in [1.82, 2.24) is 14.9 Å². The number of aromatic nitrogens is 2. The van der Waals surface area contributed by atoms with E-state index in [1.54, 1.807) is 13.0 Å². The first-order chi connectivity index (χ1) is 8.32. The van der Waals surface area contributed by atoms with E-state index in [1.807, 2.05) is 25.9 Å². The molecule has 0 saturated carbocycles. The molecule has 0 radical (unpaired) electrons. The molecule has 1 unspecified atom stereocenters. The molecule has 0 fully saturated rings. The monoisotopic (exact) mass is 254 g/mol. The molecule has 18 heavy (non-hydrogen) atoms. The Balaban J connectivity index is 2.65. The number of hydrogen-bond donors (Lipinski definition) is 4. The fraction of sp³-hybridized carbons (Fsp3) is 0.636. The average Bonchev–Trinajstić information content (AvgIpc) is 2.24. The minimum atomic E-state index is -0.835. The number of nitrogens with two attached hydrogens (primary N) is 1. The molecule has 0 aliphatic carbocycles. The third-order valence-corrected chi connectivity index (χ3v) is 2.29. The molecule has 0 aliphatic rings. The summed E-state index contributed by atoms with van der Waals surface area (Å²) in [5.74, 6) is 6.26. The summed E-state index contributed by atoms with van der Waals surface area (Å²) in [6.45, 7) is 4.58. The predicted molar refractivity (Wildman–Crippen MR) is 72.2 cm³/mol. The molecule has 1 aromatic heterocycles. The summed E-state index contributed by atoms with van der Waals surface area (Å²) in [5, 5.41) is 13.2. The van der Waals surface area contributed by atoms with Crippen molar-refractivity contribution in [3.8, 4) is 0 Å². The molecule has 0 saturated heterocycles. The van der Waals surface area contributed by atoms with Crippen LogP contribution in [0, 0.1) is 6.92 Å². The first kappa shape index (κ1) is 14.6. The quantitative estimate of drug-likeness (QED) is 0.412. The molecule has 0 bridgehead atoms. The van der Waals surface area contributed by atoms with Crippen LogP contribution >= 0.6 is 0 Å². The normalized spacial score (nSPS) is 14.4. The van der Waals surface area contributed by atoms with E-state index in [1.165, 1.54) is 0 Å². The van der Waals surface area contributed by atoms with E-state index in [9.17, 15) is 5.11 Å². The fourth-order valence-electron chi connectivity index (χ4n) is 1.74. The van der Waals surface area contributed by atoms with Gasteiger partial charge in [-0.1, -0.05) is 0 Å². The molecule has 102 valence electrons. The van der Waals surface area contributed by atoms with Crippen LogP contribution in [0.15, 0.2) is 6.07 Å². The largest absolute Gasteiger partial charge is 0.387 e. The van der Waals surface area contributed by atoms with Gasteiger partial charge in [-0.05, 0) is 27.9 Å². The van der Waals surface area contributed by atoms with Crippen molar-refractivity contribution in [2.45, 2.75) is 19.4 Å². The third-order valence-electron chi connectivity index (χ3n) is 2.29. The van der Waals surface area contributed by atoms with Gasteiger partial charge < -0.3 is 15.3 Å². The highest BCUT2D eigenvalue weighted by molar-refractivity contribution is 5.41. The number of likely N-dealkylation sites (N-methyl/N-ethyl adjacent to an activating group) is 1. The van der Waals surface area contributed by atoms with E-state index < -0.39 is 5.60 Å². The Morgan fingerprint density at radius 2 is 2.11 bits per heavy atom. The lowest BCUT2D eigenvalue weighted by atomic mass is 10.1. The summed E-state index contributed by atoms with van der Waals surface area (Å²) >= 11 is 0. The Bertz CT molecular complexity index is 393. The number of aliphatic hydroxyl groups is 1. The van der Waals surface area contributed by atoms with Crippen molar-refractivity contribution in [2.75, 3.05) is 37.9 Å². The molecule has 1 atom stereocenters. The molecular formula is C11H22N6O. The van der Waals surface area contributed by atoms with Gasteiger partial charge in [0.05, 0.1) is 5.60 Å². The van der Waals surface area contributed by atoms with Gasteiger partial charge in [-0.2, -0.15) is 4.98 Å². The molecule has 1 heterocycles. The lowest BCUT2D eigenvalue weighted by molar-refractivity contribution is 0.0459. The zero-order valence-electron chi connectivity index (χ0n) is 11.4. The molecule has 0 aromatic carbocycles. The maximum Gasteiger partial charge on any atom is 0.239 e. The van der Waals surface area contributed by atoms with Gasteiger partial charge in [-0.25, -0.2) is 10.8 Å². The average molecular weight is 254 g/mol. The molecular weight excluding hydrogens is 232 g/mol. The van der Waals surface area contributed by atoms with Gasteiger partial charge in [-0.3, -0.25) is 5.43 Å². The lowest BCUT2D eigenvalue weighted by Gasteiger charge is -2.27. The Morgan fingerprint density at radius 3 is 2.67 bits per heavy atom. The number of nitrogens with zero attached hydrogens (tertiary/aromatic N) is 3. The second kappa shape index (κ2) is 5.94. The van der Waals surface area contributed by atoms with Crippen LogP contribution in [-0.2, 0) is 0 Å². The lowest BCUT2D eigenvalue weighted by Crippen LogP contribution is -2.43. The van der Waals surface area contributed by atoms with E-state index in [-0.39, 0.29) is 0 Å². The topological polar surface area (TPSA) is 99.3 Å². The minimum Gasteiger partial charge on any atom is -0.387 e. The number of hydrogen-bond acceptors (Lipinski definition) is 7. The number of aryl methyl sites for hydroxylation is 1. The molecule has 7 heteroatoms. The Morgan fingerprint density at radius 1 is 1.44 bits per heavy atom. The zero-order chi connectivity index (χ0) is 13.8. The smallest absolute Gasteiger partial charge is 0.239 e. The molecule has 0 spiro atoms. The summed E-state index contributed by atoms with van der Waals surface area (Å²) in [6.07, 6.45) is 0. The molecule has 5 N–H and O–H groups in total. The Labute approximate surface area is 107 Å². The van der Waals surface area contributed by atoms with Gasteiger partial charge in [0, 0.05) is 24.8 Å². The number of anilines is 2. The highest BCUT2D eigenvalue weighted by Gasteiger charge is 2.21. The molecule has 1 rings (SSSR count). The SMILES string of the molecule is Cc1cc(NCC(C)(O)CN(C)C)nc(NN)n1. The first-order valence-corrected chi connectivity index (χ1v) is 5.76. The van der Waals surface area contributed by atoms with Gasteiger partial charge >= 0.3 is 0 Å². The number of rotatable bonds is 6. The Hall–Kier alpha value is -1.44. The maximum atomic E-state index is 10.2. The fourth-order valence-corrected chi connectivity index (χ4v) is 1.74. The van der Waals surface area contributed by atoms with Crippen LogP contribution < -0.4 is 16.6 Å². The van der Waals surface area contributed by atoms with Gasteiger partial charge in [0.15, 0.2) is 0 Å². The number of hydrazine groups is 1. The maximum absolute atomic E-state index is 10.2. The van der Waals surface area contributed by atoms with Crippen LogP contribution in [-0.4, -0.2) is 52.8 Å². The van der Waals surface area contributed by atoms with Crippen molar-refractivity contribution in [2.24, 2.45) is 5.84 Å². The van der Waals surface area contributed by atoms with Gasteiger partial charge in [-0.15, -0.1) is 0 Å². The summed E-state index contributed by atoms with van der Waals surface area (Å²) in [7, 11) is 3.83. The van der Waals surface area contributed by atoms with Crippen molar-refractivity contribution in [3.05, 3.63) is 11.8 Å². The van der Waals surface area contributed by atoms with Crippen molar-refractivity contribution < 1.29 is 5.11 Å². The molecule has 1 aromatic rings. The van der Waals surface area contributed by atoms with Crippen LogP contribution in [0.3, 0.4) is 0 Å². The Kier molecular flexibility index (Phi) is 4.83. The van der Waals surface area contributed by atoms with Crippen LogP contribution in [0.2, 0.25) is 0 Å². The summed E-state index contributed by atoms with van der Waals surface area (Å²) < 4.78 is 0. The van der Waals surface area contributed by atoms with E-state index in [4.69, 9.17) is 5.84 Å². The summed E-state index contributed by atoms with van der Waals surface area (Å²) in [4.78, 5) is 10.2. The van der Waals surface area contributed by atoms with Crippen molar-refractivity contribution >= 4 is 11.8 Å². The molecule has 0 aliphatic heterocycles.